The van der Waals surface area contributed by atoms with E-state index >= 15 is 0 Å². The zero-order valence-electron chi connectivity index (χ0n) is 11.7. The van der Waals surface area contributed by atoms with Gasteiger partial charge in [-0.2, -0.15) is 0 Å². The summed E-state index contributed by atoms with van der Waals surface area (Å²) in [6.07, 6.45) is 2.71. The molecular formula is C15H24N4OS. The van der Waals surface area contributed by atoms with E-state index in [2.05, 4.69) is 15.2 Å². The standard InChI is InChI=1S/C15H18N4OS.3H2/c16-15-12(3-1-5-18-15)14(20)13-9-11(10-21-13)19-7-2-4-17-6-8-19;;;/h1,3,5,9-10,17H,2,4,6-8H2,(H2,16,18);3*1H. The fraction of sp³-hybridized carbons (Fsp3) is 0.333. The van der Waals surface area contributed by atoms with E-state index < -0.39 is 0 Å². The number of pyridine rings is 1. The van der Waals surface area contributed by atoms with Crippen LogP contribution in [-0.2, 0) is 0 Å². The number of nitrogens with two attached hydrogens (primary N) is 1. The zero-order chi connectivity index (χ0) is 14.7. The van der Waals surface area contributed by atoms with Crippen LogP contribution in [0, 0.1) is 0 Å². The minimum absolute atomic E-state index is 0. The van der Waals surface area contributed by atoms with Crippen LogP contribution < -0.4 is 16.0 Å². The van der Waals surface area contributed by atoms with E-state index in [1.807, 2.05) is 11.4 Å². The van der Waals surface area contributed by atoms with Gasteiger partial charge in [0.25, 0.3) is 0 Å². The summed E-state index contributed by atoms with van der Waals surface area (Å²) in [6, 6.07) is 5.42. The molecule has 0 spiro atoms. The summed E-state index contributed by atoms with van der Waals surface area (Å²) >= 11 is 1.47. The van der Waals surface area contributed by atoms with Crippen molar-refractivity contribution in [3.8, 4) is 0 Å². The van der Waals surface area contributed by atoms with Gasteiger partial charge in [0.05, 0.1) is 10.4 Å². The van der Waals surface area contributed by atoms with Crippen LogP contribution in [0.25, 0.3) is 0 Å². The molecule has 2 aromatic rings. The summed E-state index contributed by atoms with van der Waals surface area (Å²) in [5.74, 6) is 0.237. The third-order valence-corrected chi connectivity index (χ3v) is 4.51. The van der Waals surface area contributed by atoms with E-state index in [0.29, 0.717) is 10.4 Å². The number of thiophene rings is 1. The van der Waals surface area contributed by atoms with Gasteiger partial charge < -0.3 is 16.0 Å². The molecular weight excluding hydrogens is 284 g/mol. The van der Waals surface area contributed by atoms with Gasteiger partial charge in [-0.05, 0) is 31.2 Å². The lowest BCUT2D eigenvalue weighted by Gasteiger charge is -2.20. The SMILES string of the molecule is Nc1ncccc1C(=O)c1cc(N2CCCNCC2)cs1.[HH].[HH].[HH]. The van der Waals surface area contributed by atoms with Crippen molar-refractivity contribution < 1.29 is 9.07 Å². The first-order chi connectivity index (χ1) is 10.3. The van der Waals surface area contributed by atoms with Gasteiger partial charge in [-0.1, -0.05) is 0 Å². The molecule has 3 heterocycles. The number of carbonyl (C=O) groups excluding carboxylic acids is 1. The fourth-order valence-electron chi connectivity index (χ4n) is 2.46. The fourth-order valence-corrected chi connectivity index (χ4v) is 3.33. The highest BCUT2D eigenvalue weighted by Gasteiger charge is 2.17. The minimum Gasteiger partial charge on any atom is -0.383 e. The number of nitrogens with zero attached hydrogens (tertiary/aromatic N) is 2. The molecule has 3 N–H and O–H groups in total. The Morgan fingerprint density at radius 1 is 1.43 bits per heavy atom. The van der Waals surface area contributed by atoms with E-state index in [4.69, 9.17) is 5.73 Å². The van der Waals surface area contributed by atoms with Gasteiger partial charge in [-0.15, -0.1) is 11.3 Å². The van der Waals surface area contributed by atoms with E-state index in [1.165, 1.54) is 11.3 Å². The third-order valence-electron chi connectivity index (χ3n) is 3.60. The van der Waals surface area contributed by atoms with Crippen LogP contribution in [0.15, 0.2) is 29.8 Å². The highest BCUT2D eigenvalue weighted by Crippen LogP contribution is 2.26. The molecule has 0 radical (unpaired) electrons. The summed E-state index contributed by atoms with van der Waals surface area (Å²) in [7, 11) is 0. The summed E-state index contributed by atoms with van der Waals surface area (Å²) < 4.78 is 0. The Morgan fingerprint density at radius 3 is 3.19 bits per heavy atom. The van der Waals surface area contributed by atoms with Crippen molar-refractivity contribution in [3.63, 3.8) is 0 Å². The number of ketones is 1. The quantitative estimate of drug-likeness (QED) is 0.853. The van der Waals surface area contributed by atoms with Crippen molar-refractivity contribution in [2.24, 2.45) is 0 Å². The molecule has 2 aromatic heterocycles. The van der Waals surface area contributed by atoms with Crippen molar-refractivity contribution in [1.82, 2.24) is 10.3 Å². The van der Waals surface area contributed by atoms with Crippen LogP contribution >= 0.6 is 11.3 Å². The number of anilines is 2. The molecule has 0 aromatic carbocycles. The summed E-state index contributed by atoms with van der Waals surface area (Å²) in [5, 5.41) is 5.43. The van der Waals surface area contributed by atoms with Gasteiger partial charge in [-0.3, -0.25) is 4.79 Å². The Morgan fingerprint density at radius 2 is 2.33 bits per heavy atom. The first kappa shape index (κ1) is 14.0. The normalized spacial score (nSPS) is 15.7. The Kier molecular flexibility index (Phi) is 4.17. The number of nitrogen functional groups attached to an aromatic ring is 1. The second-order valence-corrected chi connectivity index (χ2v) is 5.94. The molecule has 0 atom stereocenters. The molecule has 0 amide bonds. The molecule has 1 fully saturated rings. The van der Waals surface area contributed by atoms with Crippen LogP contribution in [0.5, 0.6) is 0 Å². The maximum atomic E-state index is 12.5. The highest BCUT2D eigenvalue weighted by atomic mass is 32.1. The van der Waals surface area contributed by atoms with Crippen LogP contribution in [0.1, 0.15) is 25.9 Å². The molecule has 0 unspecified atom stereocenters. The molecule has 3 rings (SSSR count). The highest BCUT2D eigenvalue weighted by molar-refractivity contribution is 7.12. The number of nitrogens with one attached hydrogen (secondary N) is 1. The number of hydrogen-bond donors (Lipinski definition) is 2. The number of aromatic nitrogens is 1. The second kappa shape index (κ2) is 6.24. The molecule has 0 saturated carbocycles. The van der Waals surface area contributed by atoms with E-state index in [9.17, 15) is 4.79 Å². The lowest BCUT2D eigenvalue weighted by atomic mass is 10.1. The Balaban J connectivity index is 0.00000176. The van der Waals surface area contributed by atoms with E-state index in [0.717, 1.165) is 38.3 Å². The van der Waals surface area contributed by atoms with Crippen molar-refractivity contribution in [1.29, 1.82) is 0 Å². The predicted molar refractivity (Wildman–Crippen MR) is 92.4 cm³/mol. The van der Waals surface area contributed by atoms with Gasteiger partial charge >= 0.3 is 0 Å². The minimum atomic E-state index is -0.0511. The summed E-state index contributed by atoms with van der Waals surface area (Å²) in [6.45, 7) is 4.03. The van der Waals surface area contributed by atoms with Gasteiger partial charge in [0.2, 0.25) is 5.78 Å². The molecule has 116 valence electrons. The number of carbonyl (C=O) groups is 1. The first-order valence-electron chi connectivity index (χ1n) is 7.05. The largest absolute Gasteiger partial charge is 0.383 e. The van der Waals surface area contributed by atoms with Crippen molar-refractivity contribution in [2.45, 2.75) is 6.42 Å². The van der Waals surface area contributed by atoms with Gasteiger partial charge in [0.1, 0.15) is 5.82 Å². The smallest absolute Gasteiger partial charge is 0.206 e. The molecule has 6 heteroatoms. The van der Waals surface area contributed by atoms with Gasteiger partial charge in [-0.25, -0.2) is 4.98 Å². The molecule has 0 aliphatic carbocycles. The second-order valence-electron chi connectivity index (χ2n) is 5.03. The predicted octanol–water partition coefficient (Wildman–Crippen LogP) is 2.49. The average molecular weight is 308 g/mol. The topological polar surface area (TPSA) is 71.2 Å². The summed E-state index contributed by atoms with van der Waals surface area (Å²) in [4.78, 5) is 19.5. The molecule has 1 aliphatic heterocycles. The molecule has 1 aliphatic rings. The molecule has 0 bridgehead atoms. The van der Waals surface area contributed by atoms with Gasteiger partial charge in [0, 0.05) is 41.2 Å². The van der Waals surface area contributed by atoms with E-state index in [1.54, 1.807) is 18.3 Å². The zero-order valence-corrected chi connectivity index (χ0v) is 12.5. The first-order valence-corrected chi connectivity index (χ1v) is 7.93. The summed E-state index contributed by atoms with van der Waals surface area (Å²) in [5.41, 5.74) is 7.38. The number of rotatable bonds is 3. The van der Waals surface area contributed by atoms with Crippen molar-refractivity contribution in [2.75, 3.05) is 36.8 Å². The van der Waals surface area contributed by atoms with E-state index in [-0.39, 0.29) is 15.9 Å². The van der Waals surface area contributed by atoms with Crippen molar-refractivity contribution >= 4 is 28.6 Å². The maximum Gasteiger partial charge on any atom is 0.206 e. The average Bonchev–Trinajstić information content (AvgIpc) is 2.83. The lowest BCUT2D eigenvalue weighted by molar-refractivity contribution is 0.104. The molecule has 21 heavy (non-hydrogen) atoms. The van der Waals surface area contributed by atoms with Gasteiger partial charge in [0.15, 0.2) is 0 Å². The van der Waals surface area contributed by atoms with Crippen LogP contribution in [0.3, 0.4) is 0 Å². The Hall–Kier alpha value is -1.92. The van der Waals surface area contributed by atoms with Crippen molar-refractivity contribution in [3.05, 3.63) is 40.2 Å². The monoisotopic (exact) mass is 308 g/mol. The lowest BCUT2D eigenvalue weighted by Crippen LogP contribution is -2.27. The third kappa shape index (κ3) is 3.06. The van der Waals surface area contributed by atoms with Crippen LogP contribution in [-0.4, -0.2) is 36.9 Å². The Labute approximate surface area is 132 Å². The molecule has 5 nitrogen and oxygen atoms in total. The van der Waals surface area contributed by atoms with Crippen LogP contribution in [0.2, 0.25) is 0 Å². The number of hydrogen-bond acceptors (Lipinski definition) is 6. The maximum absolute atomic E-state index is 12.5. The Bertz CT molecular complexity index is 645. The van der Waals surface area contributed by atoms with Crippen LogP contribution in [0.4, 0.5) is 11.5 Å². The molecule has 1 saturated heterocycles.